The van der Waals surface area contributed by atoms with E-state index in [0.29, 0.717) is 18.8 Å². The largest absolute Gasteiger partial charge is 0.386 e. The molecule has 1 fully saturated rings. The molecule has 29 heavy (non-hydrogen) atoms. The van der Waals surface area contributed by atoms with Crippen LogP contribution in [-0.2, 0) is 4.74 Å². The molecule has 1 aliphatic rings. The van der Waals surface area contributed by atoms with Crippen LogP contribution in [0.2, 0.25) is 0 Å². The number of rotatable bonds is 7. The van der Waals surface area contributed by atoms with E-state index >= 15 is 0 Å². The molecule has 2 heterocycles. The minimum atomic E-state index is -0.549. The maximum absolute atomic E-state index is 10.5. The number of halogens is 1. The monoisotopic (exact) mass is 532 g/mol. The van der Waals surface area contributed by atoms with Crippen LogP contribution in [0.15, 0.2) is 35.3 Å². The van der Waals surface area contributed by atoms with Gasteiger partial charge in [0.05, 0.1) is 12.2 Å². The number of hydrogen-bond acceptors (Lipinski definition) is 5. The number of guanidine groups is 1. The molecule has 2 aromatic rings. The molecule has 0 bridgehead atoms. The summed E-state index contributed by atoms with van der Waals surface area (Å²) in [5.41, 5.74) is 0. The number of fused-ring (bicyclic) bond motifs is 1. The lowest BCUT2D eigenvalue weighted by molar-refractivity contribution is -0.0679. The van der Waals surface area contributed by atoms with E-state index in [1.54, 1.807) is 18.4 Å². The van der Waals surface area contributed by atoms with Gasteiger partial charge in [-0.2, -0.15) is 0 Å². The lowest BCUT2D eigenvalue weighted by atomic mass is 10.2. The van der Waals surface area contributed by atoms with Crippen molar-refractivity contribution in [3.05, 3.63) is 35.2 Å². The molecule has 0 spiro atoms. The summed E-state index contributed by atoms with van der Waals surface area (Å²) in [5.74, 6) is 0.726. The smallest absolute Gasteiger partial charge is 0.191 e. The third kappa shape index (κ3) is 7.36. The summed E-state index contributed by atoms with van der Waals surface area (Å²) in [7, 11) is 1.76. The van der Waals surface area contributed by atoms with E-state index in [9.17, 15) is 5.11 Å². The molecule has 162 valence electrons. The van der Waals surface area contributed by atoms with Crippen LogP contribution < -0.4 is 10.6 Å². The van der Waals surface area contributed by atoms with Crippen molar-refractivity contribution in [1.29, 1.82) is 0 Å². The van der Waals surface area contributed by atoms with E-state index in [1.807, 2.05) is 12.1 Å². The number of thiophene rings is 1. The average molecular weight is 532 g/mol. The van der Waals surface area contributed by atoms with Gasteiger partial charge >= 0.3 is 0 Å². The fraction of sp³-hybridized carbons (Fsp3) is 0.571. The summed E-state index contributed by atoms with van der Waals surface area (Å²) in [6.45, 7) is 8.59. The highest BCUT2D eigenvalue weighted by Crippen LogP contribution is 2.29. The highest BCUT2D eigenvalue weighted by molar-refractivity contribution is 14.0. The second-order valence-corrected chi connectivity index (χ2v) is 8.57. The molecule has 1 aliphatic heterocycles. The summed E-state index contributed by atoms with van der Waals surface area (Å²) < 4.78 is 6.98. The molecule has 8 heteroatoms. The predicted molar refractivity (Wildman–Crippen MR) is 133 cm³/mol. The number of hydrogen-bond donors (Lipinski definition) is 3. The van der Waals surface area contributed by atoms with Crippen LogP contribution in [0, 0.1) is 0 Å². The molecule has 0 saturated carbocycles. The van der Waals surface area contributed by atoms with Crippen molar-refractivity contribution in [1.82, 2.24) is 15.5 Å². The SMILES string of the molecule is CN=C(NCCCN1CC(C)OC(C)C1)NCC(O)c1cc2ccccc2s1.I. The highest BCUT2D eigenvalue weighted by Gasteiger charge is 2.21. The Hall–Kier alpha value is -0.940. The number of ether oxygens (including phenoxy) is 1. The Morgan fingerprint density at radius 2 is 2.00 bits per heavy atom. The van der Waals surface area contributed by atoms with Crippen molar-refractivity contribution in [3.63, 3.8) is 0 Å². The van der Waals surface area contributed by atoms with Gasteiger partial charge in [-0.15, -0.1) is 35.3 Å². The van der Waals surface area contributed by atoms with Crippen molar-refractivity contribution in [2.24, 2.45) is 4.99 Å². The van der Waals surface area contributed by atoms with Crippen LogP contribution in [0.5, 0.6) is 0 Å². The van der Waals surface area contributed by atoms with Gasteiger partial charge in [0.1, 0.15) is 6.10 Å². The van der Waals surface area contributed by atoms with Crippen molar-refractivity contribution < 1.29 is 9.84 Å². The van der Waals surface area contributed by atoms with Gasteiger partial charge in [0.2, 0.25) is 0 Å². The topological polar surface area (TPSA) is 69.1 Å². The molecule has 0 radical (unpaired) electrons. The summed E-state index contributed by atoms with van der Waals surface area (Å²) in [4.78, 5) is 7.69. The maximum Gasteiger partial charge on any atom is 0.191 e. The second-order valence-electron chi connectivity index (χ2n) is 7.45. The molecule has 1 aromatic carbocycles. The maximum atomic E-state index is 10.5. The lowest BCUT2D eigenvalue weighted by Gasteiger charge is -2.35. The van der Waals surface area contributed by atoms with Crippen LogP contribution in [0.4, 0.5) is 0 Å². The van der Waals surface area contributed by atoms with Crippen LogP contribution >= 0.6 is 35.3 Å². The number of morpholine rings is 1. The molecule has 3 N–H and O–H groups in total. The summed E-state index contributed by atoms with van der Waals surface area (Å²) in [6.07, 6.45) is 1.11. The van der Waals surface area contributed by atoms with Gasteiger partial charge in [0.25, 0.3) is 0 Å². The van der Waals surface area contributed by atoms with E-state index in [4.69, 9.17) is 4.74 Å². The Morgan fingerprint density at radius 1 is 1.28 bits per heavy atom. The first kappa shape index (κ1) is 24.3. The molecule has 3 rings (SSSR count). The zero-order valence-corrected chi connectivity index (χ0v) is 20.6. The number of nitrogens with zero attached hydrogens (tertiary/aromatic N) is 2. The second kappa shape index (κ2) is 12.0. The molecule has 0 amide bonds. The van der Waals surface area contributed by atoms with Crippen molar-refractivity contribution >= 4 is 51.4 Å². The van der Waals surface area contributed by atoms with E-state index in [2.05, 4.69) is 52.6 Å². The lowest BCUT2D eigenvalue weighted by Crippen LogP contribution is -2.46. The Kier molecular flexibility index (Phi) is 10.1. The van der Waals surface area contributed by atoms with Crippen LogP contribution in [0.1, 0.15) is 31.2 Å². The third-order valence-corrected chi connectivity index (χ3v) is 6.12. The fourth-order valence-electron chi connectivity index (χ4n) is 3.66. The van der Waals surface area contributed by atoms with E-state index in [1.165, 1.54) is 10.1 Å². The Bertz CT molecular complexity index is 742. The molecule has 1 aromatic heterocycles. The molecule has 6 nitrogen and oxygen atoms in total. The number of benzene rings is 1. The van der Waals surface area contributed by atoms with Gasteiger partial charge in [-0.05, 0) is 37.8 Å². The number of nitrogens with one attached hydrogen (secondary N) is 2. The highest BCUT2D eigenvalue weighted by atomic mass is 127. The molecule has 3 unspecified atom stereocenters. The summed E-state index contributed by atoms with van der Waals surface area (Å²) in [5, 5.41) is 18.2. The first-order valence-electron chi connectivity index (χ1n) is 10.0. The molecule has 3 atom stereocenters. The van der Waals surface area contributed by atoms with Gasteiger partial charge in [-0.25, -0.2) is 0 Å². The molecular formula is C21H33IN4O2S. The number of aliphatic hydroxyl groups excluding tert-OH is 1. The van der Waals surface area contributed by atoms with Crippen molar-refractivity contribution in [3.8, 4) is 0 Å². The molecule has 1 saturated heterocycles. The Morgan fingerprint density at radius 3 is 2.69 bits per heavy atom. The Labute approximate surface area is 194 Å². The minimum Gasteiger partial charge on any atom is -0.386 e. The first-order valence-corrected chi connectivity index (χ1v) is 10.9. The van der Waals surface area contributed by atoms with Gasteiger partial charge in [-0.3, -0.25) is 9.89 Å². The summed E-state index contributed by atoms with van der Waals surface area (Å²) >= 11 is 1.64. The zero-order chi connectivity index (χ0) is 19.9. The quantitative estimate of drug-likeness (QED) is 0.221. The zero-order valence-electron chi connectivity index (χ0n) is 17.4. The summed E-state index contributed by atoms with van der Waals surface area (Å²) in [6, 6.07) is 10.3. The van der Waals surface area contributed by atoms with Gasteiger partial charge < -0.3 is 20.5 Å². The average Bonchev–Trinajstić information content (AvgIpc) is 3.11. The van der Waals surface area contributed by atoms with Crippen molar-refractivity contribution in [2.45, 2.75) is 38.6 Å². The van der Waals surface area contributed by atoms with Gasteiger partial charge in [0.15, 0.2) is 5.96 Å². The number of aliphatic hydroxyl groups is 1. The van der Waals surface area contributed by atoms with Crippen molar-refractivity contribution in [2.75, 3.05) is 39.8 Å². The minimum absolute atomic E-state index is 0. The standard InChI is InChI=1S/C21H32N4O2S.HI/c1-15-13-25(14-16(2)27-15)10-6-9-23-21(22-3)24-12-18(26)20-11-17-7-4-5-8-19(17)28-20;/h4-5,7-8,11,15-16,18,26H,6,9-10,12-14H2,1-3H3,(H2,22,23,24);1H. The normalized spacial score (nSPS) is 21.6. The predicted octanol–water partition coefficient (Wildman–Crippen LogP) is 3.22. The van der Waals surface area contributed by atoms with E-state index < -0.39 is 6.10 Å². The van der Waals surface area contributed by atoms with Crippen LogP contribution in [0.25, 0.3) is 10.1 Å². The van der Waals surface area contributed by atoms with Gasteiger partial charge in [-0.1, -0.05) is 18.2 Å². The molecular weight excluding hydrogens is 499 g/mol. The Balaban J connectivity index is 0.00000300. The first-order chi connectivity index (χ1) is 13.5. The molecule has 0 aliphatic carbocycles. The third-order valence-electron chi connectivity index (χ3n) is 4.90. The van der Waals surface area contributed by atoms with E-state index in [-0.39, 0.29) is 24.0 Å². The fourth-order valence-corrected chi connectivity index (χ4v) is 4.71. The number of aliphatic imine (C=N–C) groups is 1. The van der Waals surface area contributed by atoms with Crippen LogP contribution in [0.3, 0.4) is 0 Å². The van der Waals surface area contributed by atoms with Gasteiger partial charge in [0, 0.05) is 49.3 Å². The van der Waals surface area contributed by atoms with E-state index in [0.717, 1.165) is 43.4 Å². The van der Waals surface area contributed by atoms with Crippen LogP contribution in [-0.4, -0.2) is 67.9 Å².